The number of fused-ring (bicyclic) bond motifs is 1. The number of likely N-dealkylation sites (tertiary alicyclic amines) is 1. The van der Waals surface area contributed by atoms with Crippen LogP contribution in [0.4, 0.5) is 10.1 Å². The average Bonchev–Trinajstić information content (AvgIpc) is 3.57. The number of carbonyl (C=O) groups excluding carboxylic acids is 2. The summed E-state index contributed by atoms with van der Waals surface area (Å²) in [7, 11) is 0. The van der Waals surface area contributed by atoms with E-state index in [0.29, 0.717) is 38.3 Å². The topological polar surface area (TPSA) is 113 Å². The van der Waals surface area contributed by atoms with E-state index >= 15 is 0 Å². The number of hydrogen-bond acceptors (Lipinski definition) is 7. The van der Waals surface area contributed by atoms with Gasteiger partial charge >= 0.3 is 0 Å². The number of benzene rings is 2. The van der Waals surface area contributed by atoms with Gasteiger partial charge in [-0.3, -0.25) is 14.5 Å². The number of nitrogens with zero attached hydrogens (tertiary/aromatic N) is 4. The molecule has 0 aliphatic carbocycles. The number of pyridine rings is 1. The van der Waals surface area contributed by atoms with Gasteiger partial charge in [0.25, 0.3) is 0 Å². The number of aryl methyl sites for hydroxylation is 2. The van der Waals surface area contributed by atoms with Gasteiger partial charge in [0, 0.05) is 75.1 Å². The molecule has 2 aromatic carbocycles. The van der Waals surface area contributed by atoms with Crippen molar-refractivity contribution in [2.45, 2.75) is 97.4 Å². The molecule has 0 bridgehead atoms. The zero-order valence-corrected chi connectivity index (χ0v) is 29.4. The van der Waals surface area contributed by atoms with E-state index in [0.717, 1.165) is 71.6 Å². The average molecular weight is 684 g/mol. The van der Waals surface area contributed by atoms with Crippen molar-refractivity contribution in [2.24, 2.45) is 0 Å². The number of amides is 2. The lowest BCUT2D eigenvalue weighted by molar-refractivity contribution is -0.126. The van der Waals surface area contributed by atoms with Gasteiger partial charge in [0.2, 0.25) is 11.8 Å². The van der Waals surface area contributed by atoms with Crippen molar-refractivity contribution in [3.05, 3.63) is 76.9 Å². The summed E-state index contributed by atoms with van der Waals surface area (Å²) in [5.74, 6) is -0.740. The van der Waals surface area contributed by atoms with Gasteiger partial charge in [0.15, 0.2) is 5.65 Å². The normalized spacial score (nSPS) is 15.7. The van der Waals surface area contributed by atoms with Crippen molar-refractivity contribution in [1.29, 1.82) is 0 Å². The number of carbonyl (C=O) groups is 2. The third-order valence-electron chi connectivity index (χ3n) is 9.83. The second-order valence-electron chi connectivity index (χ2n) is 13.4. The predicted octanol–water partition coefficient (Wildman–Crippen LogP) is 6.11. The molecule has 10 nitrogen and oxygen atoms in total. The standard InChI is InChI=1S/C39H50FN7O3/c1-3-35-32(38(44-30-15-19-50-20-16-30)33-25-43-47(4-2)39(33)45-35)24-42-37(49)14-13-36(48)41-23-27-11-12-34(40)31(22-27)29-10-8-9-28(21-29)26-46-17-6-5-7-18-46/h8-12,21-22,25,30H,3-7,13-20,23-24,26H2,1-2H3,(H,41,48)(H,42,49)(H,44,45). The van der Waals surface area contributed by atoms with E-state index in [4.69, 9.17) is 9.72 Å². The third-order valence-corrected chi connectivity index (χ3v) is 9.83. The maximum Gasteiger partial charge on any atom is 0.220 e. The molecule has 6 rings (SSSR count). The van der Waals surface area contributed by atoms with Crippen molar-refractivity contribution < 1.29 is 18.7 Å². The number of halogens is 1. The fourth-order valence-corrected chi connectivity index (χ4v) is 7.01. The Balaban J connectivity index is 1.04. The summed E-state index contributed by atoms with van der Waals surface area (Å²) in [5.41, 5.74) is 6.96. The zero-order valence-electron chi connectivity index (χ0n) is 29.4. The van der Waals surface area contributed by atoms with Gasteiger partial charge in [-0.15, -0.1) is 0 Å². The highest BCUT2D eigenvalue weighted by Crippen LogP contribution is 2.31. The van der Waals surface area contributed by atoms with Crippen LogP contribution in [0.25, 0.3) is 22.2 Å². The molecule has 4 heterocycles. The molecule has 2 aliphatic heterocycles. The summed E-state index contributed by atoms with van der Waals surface area (Å²) < 4.78 is 22.4. The molecule has 50 heavy (non-hydrogen) atoms. The van der Waals surface area contributed by atoms with Crippen LogP contribution in [0.15, 0.2) is 48.7 Å². The second kappa shape index (κ2) is 17.0. The van der Waals surface area contributed by atoms with Crippen LogP contribution in [0.1, 0.15) is 81.2 Å². The quantitative estimate of drug-likeness (QED) is 0.147. The largest absolute Gasteiger partial charge is 0.381 e. The van der Waals surface area contributed by atoms with Crippen molar-refractivity contribution in [1.82, 2.24) is 30.3 Å². The minimum atomic E-state index is -0.294. The Hall–Kier alpha value is -4.35. The highest BCUT2D eigenvalue weighted by molar-refractivity contribution is 5.92. The van der Waals surface area contributed by atoms with Crippen LogP contribution < -0.4 is 16.0 Å². The first-order valence-corrected chi connectivity index (χ1v) is 18.3. The Bertz CT molecular complexity index is 1780. The van der Waals surface area contributed by atoms with Gasteiger partial charge in [0.05, 0.1) is 17.3 Å². The first kappa shape index (κ1) is 35.5. The molecule has 4 aromatic rings. The molecule has 2 aromatic heterocycles. The van der Waals surface area contributed by atoms with Crippen LogP contribution in [0.2, 0.25) is 0 Å². The number of rotatable bonds is 14. The Morgan fingerprint density at radius 3 is 2.44 bits per heavy atom. The zero-order chi connectivity index (χ0) is 34.9. The monoisotopic (exact) mass is 683 g/mol. The highest BCUT2D eigenvalue weighted by atomic mass is 19.1. The maximum absolute atomic E-state index is 15.0. The van der Waals surface area contributed by atoms with E-state index in [9.17, 15) is 14.0 Å². The van der Waals surface area contributed by atoms with Crippen molar-refractivity contribution >= 4 is 28.5 Å². The third kappa shape index (κ3) is 8.86. The lowest BCUT2D eigenvalue weighted by atomic mass is 9.99. The number of piperidine rings is 1. The Morgan fingerprint density at radius 2 is 1.70 bits per heavy atom. The predicted molar refractivity (Wildman–Crippen MR) is 194 cm³/mol. The maximum atomic E-state index is 15.0. The van der Waals surface area contributed by atoms with Gasteiger partial charge in [-0.1, -0.05) is 37.6 Å². The van der Waals surface area contributed by atoms with Crippen LogP contribution in [-0.2, 0) is 46.9 Å². The molecule has 0 radical (unpaired) electrons. The lowest BCUT2D eigenvalue weighted by Gasteiger charge is -2.26. The number of hydrogen-bond donors (Lipinski definition) is 3. The van der Waals surface area contributed by atoms with Crippen LogP contribution in [0.5, 0.6) is 0 Å². The van der Waals surface area contributed by atoms with Gasteiger partial charge in [0.1, 0.15) is 5.82 Å². The fraction of sp³-hybridized carbons (Fsp3) is 0.487. The number of nitrogens with one attached hydrogen (secondary N) is 3. The molecule has 0 spiro atoms. The van der Waals surface area contributed by atoms with E-state index in [1.54, 1.807) is 12.1 Å². The van der Waals surface area contributed by atoms with E-state index < -0.39 is 0 Å². The second-order valence-corrected chi connectivity index (χ2v) is 13.4. The Morgan fingerprint density at radius 1 is 0.940 bits per heavy atom. The van der Waals surface area contributed by atoms with Gasteiger partial charge in [-0.05, 0) is 87.0 Å². The fourth-order valence-electron chi connectivity index (χ4n) is 7.01. The molecular weight excluding hydrogens is 633 g/mol. The van der Waals surface area contributed by atoms with Crippen LogP contribution in [-0.4, -0.2) is 63.8 Å². The van der Waals surface area contributed by atoms with Crippen molar-refractivity contribution in [3.8, 4) is 11.1 Å². The first-order valence-electron chi connectivity index (χ1n) is 18.3. The summed E-state index contributed by atoms with van der Waals surface area (Å²) in [6.45, 7) is 9.86. The number of ether oxygens (including phenoxy) is 1. The minimum Gasteiger partial charge on any atom is -0.381 e. The van der Waals surface area contributed by atoms with Crippen molar-refractivity contribution in [2.75, 3.05) is 31.6 Å². The summed E-state index contributed by atoms with van der Waals surface area (Å²) >= 11 is 0. The molecule has 0 saturated carbocycles. The smallest absolute Gasteiger partial charge is 0.220 e. The molecule has 2 amide bonds. The number of aromatic nitrogens is 3. The molecule has 3 N–H and O–H groups in total. The van der Waals surface area contributed by atoms with Gasteiger partial charge in [-0.2, -0.15) is 5.10 Å². The van der Waals surface area contributed by atoms with Crippen LogP contribution >= 0.6 is 0 Å². The molecule has 266 valence electrons. The molecular formula is C39H50FN7O3. The van der Waals surface area contributed by atoms with E-state index in [1.807, 2.05) is 29.9 Å². The molecule has 0 atom stereocenters. The van der Waals surface area contributed by atoms with Crippen LogP contribution in [0.3, 0.4) is 0 Å². The Kier molecular flexibility index (Phi) is 12.1. The van der Waals surface area contributed by atoms with E-state index in [2.05, 4.69) is 45.0 Å². The Labute approximate surface area is 294 Å². The minimum absolute atomic E-state index is 0.0484. The first-order chi connectivity index (χ1) is 24.4. The summed E-state index contributed by atoms with van der Waals surface area (Å²) in [6, 6.07) is 13.3. The molecule has 0 unspecified atom stereocenters. The van der Waals surface area contributed by atoms with Gasteiger partial charge in [-0.25, -0.2) is 14.1 Å². The van der Waals surface area contributed by atoms with Crippen LogP contribution in [0, 0.1) is 5.82 Å². The molecule has 2 fully saturated rings. The van der Waals surface area contributed by atoms with Gasteiger partial charge < -0.3 is 20.7 Å². The highest BCUT2D eigenvalue weighted by Gasteiger charge is 2.22. The summed E-state index contributed by atoms with van der Waals surface area (Å²) in [4.78, 5) is 33.2. The SMILES string of the molecule is CCc1nc2c(cnn2CC)c(NC2CCOCC2)c1CNC(=O)CCC(=O)NCc1ccc(F)c(-c2cccc(CN3CCCCC3)c2)c1. The summed E-state index contributed by atoms with van der Waals surface area (Å²) in [5, 5.41) is 15.2. The van der Waals surface area contributed by atoms with Crippen molar-refractivity contribution in [3.63, 3.8) is 0 Å². The summed E-state index contributed by atoms with van der Waals surface area (Å²) in [6.07, 6.45) is 8.20. The lowest BCUT2D eigenvalue weighted by Crippen LogP contribution is -2.30. The number of anilines is 1. The van der Waals surface area contributed by atoms with E-state index in [-0.39, 0.29) is 43.1 Å². The molecule has 2 saturated heterocycles. The van der Waals surface area contributed by atoms with E-state index in [1.165, 1.54) is 30.9 Å². The molecule has 2 aliphatic rings. The molecule has 11 heteroatoms.